The molecule has 22 nitrogen and oxygen atoms in total. The lowest BCUT2D eigenvalue weighted by molar-refractivity contribution is -0.141. The van der Waals surface area contributed by atoms with E-state index >= 15 is 4.39 Å². The summed E-state index contributed by atoms with van der Waals surface area (Å²) in [5.41, 5.74) is 11.2. The van der Waals surface area contributed by atoms with Crippen LogP contribution >= 0.6 is 0 Å². The summed E-state index contributed by atoms with van der Waals surface area (Å²) in [7, 11) is 0. The molecule has 4 aliphatic rings. The average Bonchev–Trinajstić information content (AvgIpc) is 4.37. The van der Waals surface area contributed by atoms with Gasteiger partial charge in [0.15, 0.2) is 5.65 Å². The largest absolute Gasteiger partial charge is 0.480 e. The Labute approximate surface area is 457 Å². The number of carboxylic acid groups (broad SMARTS) is 1. The second-order valence-corrected chi connectivity index (χ2v) is 20.6. The van der Waals surface area contributed by atoms with Gasteiger partial charge in [0, 0.05) is 73.1 Å². The average molecular weight is 1090 g/mol. The topological polar surface area (TPSA) is 276 Å². The third-order valence-electron chi connectivity index (χ3n) is 15.5. The maximum atomic E-state index is 16.2. The molecule has 4 aromatic heterocycles. The number of para-hydroxylation sites is 1. The normalized spacial score (nSPS) is 17.6. The van der Waals surface area contributed by atoms with Crippen LogP contribution in [-0.2, 0) is 35.3 Å². The van der Waals surface area contributed by atoms with Crippen LogP contribution in [0.4, 0.5) is 10.2 Å². The molecule has 2 fully saturated rings. The summed E-state index contributed by atoms with van der Waals surface area (Å²) in [6, 6.07) is 25.5. The van der Waals surface area contributed by atoms with Crippen molar-refractivity contribution in [2.24, 2.45) is 0 Å². The summed E-state index contributed by atoms with van der Waals surface area (Å²) < 4.78 is 25.4. The molecule has 0 radical (unpaired) electrons. The van der Waals surface area contributed by atoms with Gasteiger partial charge in [0.2, 0.25) is 23.6 Å². The number of carbonyl (C=O) groups is 6. The molecular weight excluding hydrogens is 1030 g/mol. The van der Waals surface area contributed by atoms with Crippen molar-refractivity contribution in [2.45, 2.75) is 82.7 Å². The first-order chi connectivity index (χ1) is 38.8. The number of nitrogens with two attached hydrogens (primary N) is 1. The number of ether oxygens (including phenoxy) is 1. The second kappa shape index (κ2) is 22.7. The summed E-state index contributed by atoms with van der Waals surface area (Å²) in [6.45, 7) is 0.871. The number of fused-ring (bicyclic) bond motifs is 3. The van der Waals surface area contributed by atoms with Crippen molar-refractivity contribution in [3.63, 3.8) is 0 Å². The third kappa shape index (κ3) is 10.7. The highest BCUT2D eigenvalue weighted by atomic mass is 19.1. The zero-order valence-electron chi connectivity index (χ0n) is 43.9. The first kappa shape index (κ1) is 52.9. The molecule has 0 aliphatic carbocycles. The zero-order valence-corrected chi connectivity index (χ0v) is 43.9. The number of amides is 5. The Morgan fingerprint density at radius 1 is 0.762 bits per heavy atom. The number of carbonyl (C=O) groups excluding carboxylic acids is 5. The summed E-state index contributed by atoms with van der Waals surface area (Å²) >= 11 is 0. The van der Waals surface area contributed by atoms with Crippen molar-refractivity contribution in [2.75, 3.05) is 51.5 Å². The van der Waals surface area contributed by atoms with Crippen molar-refractivity contribution in [3.8, 4) is 33.9 Å². The highest BCUT2D eigenvalue weighted by Crippen LogP contribution is 2.43. The van der Waals surface area contributed by atoms with E-state index in [9.17, 15) is 28.8 Å². The van der Waals surface area contributed by atoms with Crippen LogP contribution in [0.15, 0.2) is 97.5 Å². The Bertz CT molecular complexity index is 3680. The Balaban J connectivity index is 0.682. The molecule has 4 aliphatic heterocycles. The number of anilines is 1. The van der Waals surface area contributed by atoms with E-state index < -0.39 is 36.7 Å². The first-order valence-corrected chi connectivity index (χ1v) is 27.0. The molecule has 4 aromatic carbocycles. The highest BCUT2D eigenvalue weighted by molar-refractivity contribution is 6.01. The molecule has 0 unspecified atom stereocenters. The molecule has 12 rings (SSSR count). The monoisotopic (exact) mass is 1090 g/mol. The zero-order chi connectivity index (χ0) is 55.5. The number of aliphatic carboxylic acids is 1. The number of hydrogen-bond donors (Lipinski definition) is 5. The number of carboxylic acids is 1. The van der Waals surface area contributed by atoms with Gasteiger partial charge in [-0.25, -0.2) is 23.8 Å². The lowest BCUT2D eigenvalue weighted by Crippen LogP contribution is -2.65. The Kier molecular flexibility index (Phi) is 15.0. The number of nitrogens with zero attached hydrogens (tertiary/aromatic N) is 10. The number of halogens is 1. The van der Waals surface area contributed by atoms with Crippen LogP contribution in [0.25, 0.3) is 55.2 Å². The van der Waals surface area contributed by atoms with Crippen molar-refractivity contribution in [1.29, 1.82) is 0 Å². The second-order valence-electron chi connectivity index (χ2n) is 20.6. The molecule has 0 saturated carbocycles. The Morgan fingerprint density at radius 3 is 2.35 bits per heavy atom. The van der Waals surface area contributed by atoms with E-state index in [1.54, 1.807) is 35.3 Å². The minimum absolute atomic E-state index is 0.0443. The number of likely N-dealkylation sites (tertiary alicyclic amines) is 1. The molecule has 23 heteroatoms. The fraction of sp³-hybridized carbons (Fsp3) is 0.351. The van der Waals surface area contributed by atoms with Crippen LogP contribution in [0.2, 0.25) is 0 Å². The van der Waals surface area contributed by atoms with Crippen LogP contribution in [0.5, 0.6) is 11.5 Å². The Hall–Kier alpha value is -9.12. The number of benzene rings is 4. The molecule has 5 amide bonds. The van der Waals surface area contributed by atoms with Gasteiger partial charge in [-0.2, -0.15) is 10.2 Å². The van der Waals surface area contributed by atoms with E-state index in [4.69, 9.17) is 30.9 Å². The lowest BCUT2D eigenvalue weighted by Gasteiger charge is -2.39. The first-order valence-electron chi connectivity index (χ1n) is 27.0. The molecule has 8 heterocycles. The van der Waals surface area contributed by atoms with Crippen molar-refractivity contribution in [1.82, 2.24) is 64.9 Å². The fourth-order valence-corrected chi connectivity index (χ4v) is 11.5. The van der Waals surface area contributed by atoms with Gasteiger partial charge in [0.1, 0.15) is 66.9 Å². The van der Waals surface area contributed by atoms with Crippen LogP contribution in [-0.4, -0.2) is 131 Å². The minimum atomic E-state index is -1.22. The number of piperidine rings is 2. The summed E-state index contributed by atoms with van der Waals surface area (Å²) in [5.74, 6) is -1.78. The molecular formula is C57H60FN14O8+. The van der Waals surface area contributed by atoms with E-state index in [-0.39, 0.29) is 59.2 Å². The molecule has 80 heavy (non-hydrogen) atoms. The van der Waals surface area contributed by atoms with Gasteiger partial charge in [-0.1, -0.05) is 41.5 Å². The molecule has 4 bridgehead atoms. The number of hydrogen-bond acceptors (Lipinski definition) is 13. The lowest BCUT2D eigenvalue weighted by atomic mass is 9.88. The summed E-state index contributed by atoms with van der Waals surface area (Å²) in [6.07, 6.45) is 7.84. The smallest absolute Gasteiger partial charge is 0.340 e. The molecule has 412 valence electrons. The molecule has 1 atom stereocenters. The maximum absolute atomic E-state index is 16.2. The number of nitrogen functional groups attached to an aromatic ring is 1. The van der Waals surface area contributed by atoms with Crippen LogP contribution in [0, 0.1) is 5.82 Å². The van der Waals surface area contributed by atoms with E-state index in [0.717, 1.165) is 24.2 Å². The van der Waals surface area contributed by atoms with Crippen LogP contribution in [0.3, 0.4) is 0 Å². The molecule has 8 aromatic rings. The minimum Gasteiger partial charge on any atom is -0.480 e. The van der Waals surface area contributed by atoms with Crippen molar-refractivity contribution >= 4 is 74.2 Å². The quantitative estimate of drug-likeness (QED) is 0.0468. The maximum Gasteiger partial charge on any atom is 0.340 e. The number of unbranched alkanes of at least 4 members (excludes halogenated alkanes) is 2. The van der Waals surface area contributed by atoms with Gasteiger partial charge in [0.05, 0.1) is 41.8 Å². The Morgan fingerprint density at radius 2 is 1.55 bits per heavy atom. The third-order valence-corrected chi connectivity index (χ3v) is 15.5. The van der Waals surface area contributed by atoms with Gasteiger partial charge < -0.3 is 36.4 Å². The fourth-order valence-electron chi connectivity index (χ4n) is 11.5. The predicted molar refractivity (Wildman–Crippen MR) is 294 cm³/mol. The number of rotatable bonds is 19. The van der Waals surface area contributed by atoms with Gasteiger partial charge >= 0.3 is 11.9 Å². The molecule has 0 spiro atoms. The predicted octanol–water partition coefficient (Wildman–Crippen LogP) is 5.87. The highest BCUT2D eigenvalue weighted by Gasteiger charge is 2.46. The number of nitrogens with one attached hydrogen (secondary N) is 3. The number of aromatic nitrogens is 8. The van der Waals surface area contributed by atoms with E-state index in [0.29, 0.717) is 133 Å². The summed E-state index contributed by atoms with van der Waals surface area (Å²) in [5, 5.41) is 33.0. The summed E-state index contributed by atoms with van der Waals surface area (Å²) in [4.78, 5) is 90.1. The van der Waals surface area contributed by atoms with Gasteiger partial charge in [0.25, 0.3) is 0 Å². The van der Waals surface area contributed by atoms with Crippen molar-refractivity contribution in [3.05, 3.63) is 109 Å². The van der Waals surface area contributed by atoms with Gasteiger partial charge in [-0.3, -0.25) is 28.7 Å². The molecule has 6 N–H and O–H groups in total. The van der Waals surface area contributed by atoms with E-state index in [1.807, 2.05) is 64.2 Å². The van der Waals surface area contributed by atoms with Gasteiger partial charge in [-0.05, 0) is 85.8 Å². The standard InChI is InChI=1S/C57H59FN14O8/c58-43-27-37-29-65-71-45(37)28-42(43)41-12-7-13-44-52(41)54(66-69(44)33-48(75)61-30-47(74)62-31-51(78)79)36-21-25-72(71,26-22-36)50(77)20-19-46(73)60-23-6-2-5-14-49(76)68-24-8-9-38(32-68)70-57-53(56(59)63-34-64-57)55(67-70)35-15-17-40(18-16-35)80-39-10-3-1-4-11-39/h1,3-4,7,10-13,15-18,27-29,34,36,38H,2,5-6,8-9,14,19-26,30-33H2,(H5-,59,60,61,62,63,64,67,73,74,75,78,79)/p+1/t36?,38-,72?/m1/s1. The van der Waals surface area contributed by atoms with Crippen molar-refractivity contribution < 1.29 is 43.0 Å². The van der Waals surface area contributed by atoms with E-state index in [1.165, 1.54) is 17.1 Å². The molecule has 2 saturated heterocycles. The number of quaternary nitrogens is 1. The van der Waals surface area contributed by atoms with E-state index in [2.05, 4.69) is 25.9 Å². The van der Waals surface area contributed by atoms with Crippen LogP contribution in [0.1, 0.15) is 81.9 Å². The van der Waals surface area contributed by atoms with Crippen LogP contribution < -0.4 is 31.0 Å². The SMILES string of the molecule is Nc1ncnc2c1c(-c1ccc(Oc3ccccc3)cc1)nn2[C@@H]1CCCN(C(=O)CCCCCNC(=O)CCC(=O)[N+]23CCC(CC2)c2nn(CC(=O)NCC(=O)NCC(=O)O)c4cccc(c24)-c2cc4c(cnn43)cc2F)C1. The van der Waals surface area contributed by atoms with Gasteiger partial charge in [-0.15, -0.1) is 9.69 Å².